The maximum Gasteiger partial charge on any atom is 0.295 e. The van der Waals surface area contributed by atoms with Crippen LogP contribution in [0.5, 0.6) is 0 Å². The lowest BCUT2D eigenvalue weighted by atomic mass is 10.1. The molecule has 0 fully saturated rings. The summed E-state index contributed by atoms with van der Waals surface area (Å²) in [5, 5.41) is 9.28. The summed E-state index contributed by atoms with van der Waals surface area (Å²) in [4.78, 5) is -0.174. The number of azo groups is 1. The van der Waals surface area contributed by atoms with E-state index in [1.807, 2.05) is 24.3 Å². The van der Waals surface area contributed by atoms with Crippen molar-refractivity contribution in [1.29, 1.82) is 0 Å². The van der Waals surface area contributed by atoms with Crippen LogP contribution in [-0.4, -0.2) is 13.0 Å². The molecule has 0 aliphatic heterocycles. The summed E-state index contributed by atoms with van der Waals surface area (Å²) < 4.78 is 33.7. The van der Waals surface area contributed by atoms with Crippen LogP contribution in [0.2, 0.25) is 0 Å². The molecule has 0 radical (unpaired) electrons. The lowest BCUT2D eigenvalue weighted by Gasteiger charge is -2.05. The summed E-state index contributed by atoms with van der Waals surface area (Å²) >= 11 is 2.19. The van der Waals surface area contributed by atoms with Crippen molar-refractivity contribution in [1.82, 2.24) is 0 Å². The van der Waals surface area contributed by atoms with Gasteiger partial charge in [-0.25, -0.2) is 0 Å². The predicted molar refractivity (Wildman–Crippen MR) is 97.1 cm³/mol. The molecule has 5 nitrogen and oxygen atoms in total. The summed E-state index contributed by atoms with van der Waals surface area (Å²) in [6.07, 6.45) is 0. The Morgan fingerprint density at radius 3 is 2.22 bits per heavy atom. The fourth-order valence-corrected chi connectivity index (χ4v) is 3.25. The van der Waals surface area contributed by atoms with Gasteiger partial charge >= 0.3 is 0 Å². The Labute approximate surface area is 147 Å². The summed E-state index contributed by atoms with van der Waals surface area (Å²) in [6, 6.07) is 17.4. The fourth-order valence-electron chi connectivity index (χ4n) is 2.15. The highest BCUT2D eigenvalue weighted by Crippen LogP contribution is 2.30. The smallest absolute Gasteiger partial charge is 0.282 e. The quantitative estimate of drug-likeness (QED) is 0.351. The lowest BCUT2D eigenvalue weighted by Crippen LogP contribution is -1.98. The van der Waals surface area contributed by atoms with Gasteiger partial charge in [-0.15, -0.1) is 0 Å². The van der Waals surface area contributed by atoms with Crippen LogP contribution in [0.4, 0.5) is 11.4 Å². The predicted octanol–water partition coefficient (Wildman–Crippen LogP) is 5.11. The van der Waals surface area contributed by atoms with Crippen molar-refractivity contribution in [3.05, 3.63) is 64.2 Å². The molecule has 116 valence electrons. The van der Waals surface area contributed by atoms with E-state index in [0.717, 1.165) is 3.57 Å². The topological polar surface area (TPSA) is 79.1 Å². The Hall–Kier alpha value is -1.84. The van der Waals surface area contributed by atoms with E-state index in [1.54, 1.807) is 30.3 Å². The van der Waals surface area contributed by atoms with E-state index >= 15 is 0 Å². The Bertz CT molecular complexity index is 1000. The first-order chi connectivity index (χ1) is 10.9. The number of fused-ring (bicyclic) bond motifs is 1. The molecule has 0 amide bonds. The molecule has 0 spiro atoms. The van der Waals surface area contributed by atoms with E-state index in [0.29, 0.717) is 22.1 Å². The van der Waals surface area contributed by atoms with Crippen LogP contribution in [0, 0.1) is 3.57 Å². The van der Waals surface area contributed by atoms with E-state index in [4.69, 9.17) is 0 Å². The molecule has 23 heavy (non-hydrogen) atoms. The molecule has 0 aliphatic carbocycles. The second-order valence-corrected chi connectivity index (χ2v) is 7.45. The molecule has 0 aromatic heterocycles. The number of hydrogen-bond donors (Lipinski definition) is 1. The molecule has 0 unspecified atom stereocenters. The first kappa shape index (κ1) is 16.0. The standard InChI is InChI=1S/C16H11IN2O3S/c17-12-5-7-13(8-6-12)18-19-14-9-11-3-1-2-4-15(11)16(10-14)23(20,21)22/h1-10H,(H,20,21,22). The van der Waals surface area contributed by atoms with Crippen LogP contribution in [0.25, 0.3) is 10.8 Å². The van der Waals surface area contributed by atoms with E-state index in [1.165, 1.54) is 6.07 Å². The minimum Gasteiger partial charge on any atom is -0.282 e. The van der Waals surface area contributed by atoms with Gasteiger partial charge in [0.05, 0.1) is 11.4 Å². The first-order valence-corrected chi connectivity index (χ1v) is 9.13. The zero-order valence-electron chi connectivity index (χ0n) is 11.7. The zero-order valence-corrected chi connectivity index (χ0v) is 14.7. The fraction of sp³-hybridized carbons (Fsp3) is 0. The van der Waals surface area contributed by atoms with E-state index in [2.05, 4.69) is 32.8 Å². The van der Waals surface area contributed by atoms with Gasteiger partial charge in [-0.3, -0.25) is 4.55 Å². The first-order valence-electron chi connectivity index (χ1n) is 6.61. The molecule has 0 bridgehead atoms. The number of halogens is 1. The molecule has 7 heteroatoms. The van der Waals surface area contributed by atoms with Gasteiger partial charge in [0.2, 0.25) is 0 Å². The third-order valence-electron chi connectivity index (χ3n) is 3.19. The summed E-state index contributed by atoms with van der Waals surface area (Å²) in [5.74, 6) is 0. The maximum absolute atomic E-state index is 11.6. The maximum atomic E-state index is 11.6. The van der Waals surface area contributed by atoms with Gasteiger partial charge in [0, 0.05) is 8.96 Å². The Kier molecular flexibility index (Phi) is 4.42. The van der Waals surface area contributed by atoms with Crippen LogP contribution in [0.3, 0.4) is 0 Å². The highest BCUT2D eigenvalue weighted by Gasteiger charge is 2.15. The van der Waals surface area contributed by atoms with Crippen molar-refractivity contribution in [3.8, 4) is 0 Å². The van der Waals surface area contributed by atoms with Gasteiger partial charge in [-0.2, -0.15) is 18.6 Å². The van der Waals surface area contributed by atoms with Crippen molar-refractivity contribution >= 4 is 54.9 Å². The van der Waals surface area contributed by atoms with Gasteiger partial charge in [0.25, 0.3) is 10.1 Å². The van der Waals surface area contributed by atoms with Crippen molar-refractivity contribution in [2.45, 2.75) is 4.90 Å². The molecule has 0 heterocycles. The number of hydrogen-bond acceptors (Lipinski definition) is 4. The molecule has 3 rings (SSSR count). The Morgan fingerprint density at radius 1 is 0.870 bits per heavy atom. The number of rotatable bonds is 3. The molecule has 0 atom stereocenters. The summed E-state index contributed by atoms with van der Waals surface area (Å²) in [7, 11) is -4.34. The second kappa shape index (κ2) is 6.34. The Balaban J connectivity index is 2.10. The van der Waals surface area contributed by atoms with Crippen molar-refractivity contribution in [3.63, 3.8) is 0 Å². The van der Waals surface area contributed by atoms with Crippen molar-refractivity contribution in [2.24, 2.45) is 10.2 Å². The van der Waals surface area contributed by atoms with E-state index in [-0.39, 0.29) is 4.90 Å². The van der Waals surface area contributed by atoms with Crippen LogP contribution in [0.15, 0.2) is 75.8 Å². The minimum atomic E-state index is -4.34. The summed E-state index contributed by atoms with van der Waals surface area (Å²) in [6.45, 7) is 0. The highest BCUT2D eigenvalue weighted by molar-refractivity contribution is 14.1. The van der Waals surface area contributed by atoms with Crippen LogP contribution in [0.1, 0.15) is 0 Å². The largest absolute Gasteiger partial charge is 0.295 e. The van der Waals surface area contributed by atoms with Crippen molar-refractivity contribution in [2.75, 3.05) is 0 Å². The minimum absolute atomic E-state index is 0.174. The van der Waals surface area contributed by atoms with Crippen LogP contribution >= 0.6 is 22.6 Å². The molecular weight excluding hydrogens is 427 g/mol. The van der Waals surface area contributed by atoms with Crippen LogP contribution in [-0.2, 0) is 10.1 Å². The van der Waals surface area contributed by atoms with Gasteiger partial charge in [-0.1, -0.05) is 24.3 Å². The van der Waals surface area contributed by atoms with Gasteiger partial charge in [0.1, 0.15) is 4.90 Å². The van der Waals surface area contributed by atoms with E-state index in [9.17, 15) is 13.0 Å². The molecule has 3 aromatic rings. The number of nitrogens with zero attached hydrogens (tertiary/aromatic N) is 2. The van der Waals surface area contributed by atoms with Gasteiger partial charge < -0.3 is 0 Å². The third-order valence-corrected chi connectivity index (χ3v) is 4.81. The molecule has 3 aromatic carbocycles. The third kappa shape index (κ3) is 3.74. The SMILES string of the molecule is O=S(=O)(O)c1cc(N=Nc2ccc(I)cc2)cc2ccccc12. The summed E-state index contributed by atoms with van der Waals surface area (Å²) in [5.41, 5.74) is 1.02. The monoisotopic (exact) mass is 438 g/mol. The number of benzene rings is 3. The van der Waals surface area contributed by atoms with Gasteiger partial charge in [0.15, 0.2) is 0 Å². The zero-order chi connectivity index (χ0) is 16.4. The second-order valence-electron chi connectivity index (χ2n) is 4.82. The van der Waals surface area contributed by atoms with Crippen LogP contribution < -0.4 is 0 Å². The average molecular weight is 438 g/mol. The molecule has 1 N–H and O–H groups in total. The normalized spacial score (nSPS) is 12.1. The molecule has 0 saturated heterocycles. The van der Waals surface area contributed by atoms with Crippen molar-refractivity contribution < 1.29 is 13.0 Å². The highest BCUT2D eigenvalue weighted by atomic mass is 127. The van der Waals surface area contributed by atoms with Gasteiger partial charge in [-0.05, 0) is 64.4 Å². The lowest BCUT2D eigenvalue weighted by molar-refractivity contribution is 0.484. The average Bonchev–Trinajstić information content (AvgIpc) is 2.52. The Morgan fingerprint density at radius 2 is 1.52 bits per heavy atom. The molecular formula is C16H11IN2O3S. The van der Waals surface area contributed by atoms with E-state index < -0.39 is 10.1 Å². The molecule has 0 saturated carbocycles. The molecule has 0 aliphatic rings.